The fourth-order valence-electron chi connectivity index (χ4n) is 3.06. The number of nitriles is 1. The van der Waals surface area contributed by atoms with E-state index < -0.39 is 0 Å². The first-order valence-electron chi connectivity index (χ1n) is 9.18. The van der Waals surface area contributed by atoms with Crippen molar-refractivity contribution >= 4 is 44.9 Å². The molecule has 8 heteroatoms. The summed E-state index contributed by atoms with van der Waals surface area (Å²) in [6.07, 6.45) is 0.240. The number of aryl methyl sites for hydroxylation is 1. The minimum atomic E-state index is -0.329. The number of nitrogens with one attached hydrogen (secondary N) is 3. The number of thiophene rings is 1. The average molecular weight is 415 g/mol. The van der Waals surface area contributed by atoms with E-state index in [1.807, 2.05) is 31.2 Å². The third kappa shape index (κ3) is 3.92. The topological polar surface area (TPSA) is 111 Å². The monoisotopic (exact) mass is 415 g/mol. The van der Waals surface area contributed by atoms with Crippen molar-refractivity contribution in [2.75, 3.05) is 10.6 Å². The summed E-state index contributed by atoms with van der Waals surface area (Å²) in [6, 6.07) is 18.2. The summed E-state index contributed by atoms with van der Waals surface area (Å²) in [4.78, 5) is 26.2. The predicted octanol–water partition coefficient (Wildman–Crippen LogP) is 4.24. The summed E-state index contributed by atoms with van der Waals surface area (Å²) < 4.78 is 0. The van der Waals surface area contributed by atoms with Gasteiger partial charge in [-0.15, -0.1) is 11.3 Å². The molecule has 0 aliphatic carbocycles. The summed E-state index contributed by atoms with van der Waals surface area (Å²) in [7, 11) is 0. The maximum Gasteiger partial charge on any atom is 0.265 e. The van der Waals surface area contributed by atoms with Crippen LogP contribution in [0.15, 0.2) is 54.6 Å². The van der Waals surface area contributed by atoms with E-state index in [-0.39, 0.29) is 18.2 Å². The van der Waals surface area contributed by atoms with Gasteiger partial charge < -0.3 is 10.6 Å². The van der Waals surface area contributed by atoms with Crippen LogP contribution < -0.4 is 10.6 Å². The molecule has 0 fully saturated rings. The lowest BCUT2D eigenvalue weighted by Gasteiger charge is -2.05. The molecule has 148 valence electrons. The number of aromatic amines is 1. The third-order valence-corrected chi connectivity index (χ3v) is 5.68. The molecule has 0 spiro atoms. The second-order valence-corrected chi connectivity index (χ2v) is 7.74. The van der Waals surface area contributed by atoms with Crippen molar-refractivity contribution in [2.45, 2.75) is 13.3 Å². The van der Waals surface area contributed by atoms with Crippen LogP contribution in [0.4, 0.5) is 11.5 Å². The minimum absolute atomic E-state index is 0.183. The Morgan fingerprint density at radius 1 is 1.13 bits per heavy atom. The molecule has 2 aromatic heterocycles. The molecule has 2 aromatic carbocycles. The summed E-state index contributed by atoms with van der Waals surface area (Å²) in [5.41, 5.74) is 2.83. The number of anilines is 2. The Bertz CT molecular complexity index is 1300. The fraction of sp³-hybridized carbons (Fsp3) is 0.0909. The van der Waals surface area contributed by atoms with Gasteiger partial charge in [-0.1, -0.05) is 36.4 Å². The number of rotatable bonds is 5. The third-order valence-electron chi connectivity index (χ3n) is 4.65. The first-order chi connectivity index (χ1) is 14.5. The van der Waals surface area contributed by atoms with Gasteiger partial charge in [-0.25, -0.2) is 0 Å². The lowest BCUT2D eigenvalue weighted by atomic mass is 10.1. The van der Waals surface area contributed by atoms with Gasteiger partial charge in [-0.05, 0) is 36.2 Å². The van der Waals surface area contributed by atoms with Crippen LogP contribution in [-0.4, -0.2) is 22.0 Å². The van der Waals surface area contributed by atoms with Gasteiger partial charge in [-0.3, -0.25) is 14.7 Å². The number of carbonyl (C=O) groups excluding carboxylic acids is 2. The van der Waals surface area contributed by atoms with Crippen LogP contribution >= 0.6 is 11.3 Å². The number of aromatic nitrogens is 2. The molecule has 0 atom stereocenters. The molecule has 0 aliphatic heterocycles. The zero-order valence-electron chi connectivity index (χ0n) is 16.0. The summed E-state index contributed by atoms with van der Waals surface area (Å²) >= 11 is 1.23. The number of hydrogen-bond donors (Lipinski definition) is 3. The maximum atomic E-state index is 12.6. The Hall–Kier alpha value is -3.96. The Balaban J connectivity index is 1.51. The van der Waals surface area contributed by atoms with Gasteiger partial charge >= 0.3 is 0 Å². The Labute approximate surface area is 176 Å². The molecule has 7 nitrogen and oxygen atoms in total. The lowest BCUT2D eigenvalue weighted by Crippen LogP contribution is -2.15. The highest BCUT2D eigenvalue weighted by Crippen LogP contribution is 2.30. The molecule has 4 rings (SSSR count). The molecular weight excluding hydrogens is 398 g/mol. The largest absolute Gasteiger partial charge is 0.320 e. The average Bonchev–Trinajstić information content (AvgIpc) is 3.32. The van der Waals surface area contributed by atoms with Crippen LogP contribution in [0.1, 0.15) is 26.4 Å². The number of nitrogens with zero attached hydrogens (tertiary/aromatic N) is 2. The molecule has 2 amide bonds. The van der Waals surface area contributed by atoms with Crippen LogP contribution in [-0.2, 0) is 11.2 Å². The SMILES string of the molecule is Cc1ccccc1CC(=O)Nc1n[nH]c2sc(C(=O)Nc3ccccc3C#N)cc12. The van der Waals surface area contributed by atoms with Crippen LogP contribution in [0.3, 0.4) is 0 Å². The van der Waals surface area contributed by atoms with Crippen molar-refractivity contribution in [3.05, 3.63) is 76.2 Å². The number of hydrogen-bond acceptors (Lipinski definition) is 5. The van der Waals surface area contributed by atoms with Crippen molar-refractivity contribution < 1.29 is 9.59 Å². The van der Waals surface area contributed by atoms with Crippen LogP contribution in [0.2, 0.25) is 0 Å². The molecule has 3 N–H and O–H groups in total. The zero-order valence-corrected chi connectivity index (χ0v) is 16.8. The first kappa shape index (κ1) is 19.4. The van der Waals surface area contributed by atoms with Crippen molar-refractivity contribution in [3.63, 3.8) is 0 Å². The van der Waals surface area contributed by atoms with E-state index in [0.29, 0.717) is 32.2 Å². The van der Waals surface area contributed by atoms with E-state index in [4.69, 9.17) is 0 Å². The van der Waals surface area contributed by atoms with Gasteiger partial charge in [0.05, 0.1) is 27.9 Å². The normalized spacial score (nSPS) is 10.5. The molecule has 2 heterocycles. The number of fused-ring (bicyclic) bond motifs is 1. The van der Waals surface area contributed by atoms with E-state index in [2.05, 4.69) is 26.9 Å². The van der Waals surface area contributed by atoms with Crippen molar-refractivity contribution in [2.24, 2.45) is 0 Å². The molecule has 30 heavy (non-hydrogen) atoms. The standard InChI is InChI=1S/C22H17N5O2S/c1-13-6-2-3-7-14(13)10-19(28)25-20-16-11-18(30-22(16)27-26-20)21(29)24-17-9-5-4-8-15(17)12-23/h2-9,11H,10H2,1H3,(H,24,29)(H2,25,26,27,28). The van der Waals surface area contributed by atoms with Crippen molar-refractivity contribution in [1.29, 1.82) is 5.26 Å². The van der Waals surface area contributed by atoms with E-state index in [1.54, 1.807) is 30.3 Å². The van der Waals surface area contributed by atoms with E-state index in [9.17, 15) is 14.9 Å². The molecule has 0 radical (unpaired) electrons. The van der Waals surface area contributed by atoms with Crippen molar-refractivity contribution in [1.82, 2.24) is 10.2 Å². The molecule has 0 unspecified atom stereocenters. The van der Waals surface area contributed by atoms with Crippen LogP contribution in [0.5, 0.6) is 0 Å². The lowest BCUT2D eigenvalue weighted by molar-refractivity contribution is -0.115. The molecule has 4 aromatic rings. The molecule has 0 aliphatic rings. The van der Waals surface area contributed by atoms with E-state index in [0.717, 1.165) is 11.1 Å². The van der Waals surface area contributed by atoms with Gasteiger partial charge in [0.2, 0.25) is 5.91 Å². The molecule has 0 bridgehead atoms. The Morgan fingerprint density at radius 2 is 1.90 bits per heavy atom. The molecule has 0 saturated heterocycles. The highest BCUT2D eigenvalue weighted by Gasteiger charge is 2.17. The van der Waals surface area contributed by atoms with Gasteiger partial charge in [0, 0.05) is 0 Å². The Kier molecular flexibility index (Phi) is 5.28. The highest BCUT2D eigenvalue weighted by atomic mass is 32.1. The van der Waals surface area contributed by atoms with Crippen LogP contribution in [0, 0.1) is 18.3 Å². The second-order valence-electron chi connectivity index (χ2n) is 6.69. The molecular formula is C22H17N5O2S. The van der Waals surface area contributed by atoms with Gasteiger partial charge in [0.15, 0.2) is 5.82 Å². The summed E-state index contributed by atoms with van der Waals surface area (Å²) in [5.74, 6) is -0.126. The number of amides is 2. The number of H-pyrrole nitrogens is 1. The van der Waals surface area contributed by atoms with E-state index >= 15 is 0 Å². The van der Waals surface area contributed by atoms with Gasteiger partial charge in [-0.2, -0.15) is 10.4 Å². The minimum Gasteiger partial charge on any atom is -0.320 e. The Morgan fingerprint density at radius 3 is 2.70 bits per heavy atom. The molecule has 0 saturated carbocycles. The maximum absolute atomic E-state index is 12.6. The number of benzene rings is 2. The summed E-state index contributed by atoms with van der Waals surface area (Å²) in [6.45, 7) is 1.96. The quantitative estimate of drug-likeness (QED) is 0.453. The zero-order chi connectivity index (χ0) is 21.1. The van der Waals surface area contributed by atoms with Gasteiger partial charge in [0.25, 0.3) is 5.91 Å². The van der Waals surface area contributed by atoms with Crippen LogP contribution in [0.25, 0.3) is 10.2 Å². The predicted molar refractivity (Wildman–Crippen MR) is 117 cm³/mol. The second kappa shape index (κ2) is 8.19. The van der Waals surface area contributed by atoms with Gasteiger partial charge in [0.1, 0.15) is 10.9 Å². The van der Waals surface area contributed by atoms with Crippen molar-refractivity contribution in [3.8, 4) is 6.07 Å². The smallest absolute Gasteiger partial charge is 0.265 e. The first-order valence-corrected chi connectivity index (χ1v) is 9.99. The van der Waals surface area contributed by atoms with E-state index in [1.165, 1.54) is 11.3 Å². The fourth-order valence-corrected chi connectivity index (χ4v) is 3.95. The number of carbonyl (C=O) groups is 2. The number of para-hydroxylation sites is 1. The highest BCUT2D eigenvalue weighted by molar-refractivity contribution is 7.20. The summed E-state index contributed by atoms with van der Waals surface area (Å²) in [5, 5.41) is 22.4.